The van der Waals surface area contributed by atoms with Crippen molar-refractivity contribution in [1.29, 1.82) is 0 Å². The van der Waals surface area contributed by atoms with Gasteiger partial charge in [-0.1, -0.05) is 13.0 Å². The predicted octanol–water partition coefficient (Wildman–Crippen LogP) is 3.43. The summed E-state index contributed by atoms with van der Waals surface area (Å²) in [6.45, 7) is 5.45. The molecule has 2 N–H and O–H groups in total. The average molecular weight is 393 g/mol. The normalized spacial score (nSPS) is 14.7. The molecule has 2 aromatic heterocycles. The van der Waals surface area contributed by atoms with Crippen LogP contribution in [0.2, 0.25) is 0 Å². The second-order valence-electron chi connectivity index (χ2n) is 7.84. The number of hydrogen-bond acceptors (Lipinski definition) is 3. The molecule has 3 aromatic rings. The van der Waals surface area contributed by atoms with Gasteiger partial charge in [0.2, 0.25) is 0 Å². The number of aryl methyl sites for hydroxylation is 2. The molecule has 6 heteroatoms. The van der Waals surface area contributed by atoms with Crippen molar-refractivity contribution in [1.82, 2.24) is 14.5 Å². The number of H-pyrrole nitrogens is 1. The summed E-state index contributed by atoms with van der Waals surface area (Å²) in [4.78, 5) is 28.8. The minimum atomic E-state index is -1.20. The Morgan fingerprint density at radius 2 is 1.93 bits per heavy atom. The Kier molecular flexibility index (Phi) is 5.28. The van der Waals surface area contributed by atoms with Crippen LogP contribution in [0.15, 0.2) is 35.1 Å². The molecule has 1 aliphatic heterocycles. The standard InChI is InChI=1S/C23H27N3O3/c1-3-15-14-19(23(28)29)22(27)24-21(15)16-6-7-20-17(12-16)13-18(25(20)2)8-11-26-9-4-5-10-26/h6-7,12-14H,3-5,8-11H2,1-2H3,(H,24,27)(H,28,29). The number of benzene rings is 1. The molecule has 0 radical (unpaired) electrons. The van der Waals surface area contributed by atoms with Crippen LogP contribution in [-0.2, 0) is 19.9 Å². The van der Waals surface area contributed by atoms with Crippen LogP contribution in [0.4, 0.5) is 0 Å². The first-order valence-corrected chi connectivity index (χ1v) is 10.3. The molecule has 29 heavy (non-hydrogen) atoms. The number of aromatic amines is 1. The van der Waals surface area contributed by atoms with Crippen molar-refractivity contribution in [2.24, 2.45) is 7.05 Å². The zero-order valence-corrected chi connectivity index (χ0v) is 17.0. The van der Waals surface area contributed by atoms with E-state index in [0.717, 1.165) is 35.0 Å². The highest BCUT2D eigenvalue weighted by molar-refractivity contribution is 5.89. The van der Waals surface area contributed by atoms with Crippen molar-refractivity contribution < 1.29 is 9.90 Å². The molecule has 1 saturated heterocycles. The Morgan fingerprint density at radius 1 is 1.17 bits per heavy atom. The first kappa shape index (κ1) is 19.5. The van der Waals surface area contributed by atoms with Gasteiger partial charge in [0.25, 0.3) is 5.56 Å². The third kappa shape index (κ3) is 3.72. The number of carbonyl (C=O) groups is 1. The molecular weight excluding hydrogens is 366 g/mol. The van der Waals surface area contributed by atoms with E-state index in [4.69, 9.17) is 0 Å². The highest BCUT2D eigenvalue weighted by atomic mass is 16.4. The molecule has 1 aliphatic rings. The third-order valence-electron chi connectivity index (χ3n) is 6.05. The van der Waals surface area contributed by atoms with Gasteiger partial charge in [-0.3, -0.25) is 4.79 Å². The molecule has 3 heterocycles. The van der Waals surface area contributed by atoms with Crippen LogP contribution in [0.1, 0.15) is 41.4 Å². The van der Waals surface area contributed by atoms with Gasteiger partial charge in [-0.05, 0) is 67.7 Å². The van der Waals surface area contributed by atoms with Gasteiger partial charge in [-0.25, -0.2) is 4.79 Å². The highest BCUT2D eigenvalue weighted by Gasteiger charge is 2.16. The predicted molar refractivity (Wildman–Crippen MR) is 115 cm³/mol. The van der Waals surface area contributed by atoms with Crippen molar-refractivity contribution in [3.63, 3.8) is 0 Å². The molecule has 1 fully saturated rings. The van der Waals surface area contributed by atoms with E-state index >= 15 is 0 Å². The van der Waals surface area contributed by atoms with E-state index in [1.54, 1.807) is 0 Å². The SMILES string of the molecule is CCc1cc(C(=O)O)c(=O)[nH]c1-c1ccc2c(c1)cc(CCN1CCCC1)n2C. The fourth-order valence-electron chi connectivity index (χ4n) is 4.35. The van der Waals surface area contributed by atoms with E-state index in [9.17, 15) is 14.7 Å². The zero-order chi connectivity index (χ0) is 20.5. The number of pyridine rings is 1. The summed E-state index contributed by atoms with van der Waals surface area (Å²) in [6.07, 6.45) is 4.26. The topological polar surface area (TPSA) is 78.3 Å². The lowest BCUT2D eigenvalue weighted by Gasteiger charge is -2.14. The number of nitrogens with one attached hydrogen (secondary N) is 1. The van der Waals surface area contributed by atoms with Crippen molar-refractivity contribution in [2.45, 2.75) is 32.6 Å². The lowest BCUT2D eigenvalue weighted by Crippen LogP contribution is -2.22. The molecule has 0 amide bonds. The maximum atomic E-state index is 12.2. The van der Waals surface area contributed by atoms with Crippen LogP contribution in [0, 0.1) is 0 Å². The van der Waals surface area contributed by atoms with E-state index < -0.39 is 11.5 Å². The zero-order valence-electron chi connectivity index (χ0n) is 17.0. The number of rotatable bonds is 6. The molecule has 6 nitrogen and oxygen atoms in total. The van der Waals surface area contributed by atoms with Crippen LogP contribution in [0.5, 0.6) is 0 Å². The largest absolute Gasteiger partial charge is 0.477 e. The Morgan fingerprint density at radius 3 is 2.62 bits per heavy atom. The Bertz CT molecular complexity index is 1120. The van der Waals surface area contributed by atoms with E-state index in [1.165, 1.54) is 37.7 Å². The number of nitrogens with zero attached hydrogens (tertiary/aromatic N) is 2. The minimum absolute atomic E-state index is 0.212. The van der Waals surface area contributed by atoms with Crippen molar-refractivity contribution in [3.05, 3.63) is 57.5 Å². The van der Waals surface area contributed by atoms with Gasteiger partial charge in [0.1, 0.15) is 5.56 Å². The minimum Gasteiger partial charge on any atom is -0.477 e. The van der Waals surface area contributed by atoms with E-state index in [2.05, 4.69) is 39.7 Å². The van der Waals surface area contributed by atoms with Crippen LogP contribution < -0.4 is 5.56 Å². The van der Waals surface area contributed by atoms with Gasteiger partial charge in [-0.15, -0.1) is 0 Å². The molecule has 1 aromatic carbocycles. The number of hydrogen-bond donors (Lipinski definition) is 2. The smallest absolute Gasteiger partial charge is 0.341 e. The molecule has 0 atom stereocenters. The van der Waals surface area contributed by atoms with Gasteiger partial charge in [-0.2, -0.15) is 0 Å². The van der Waals surface area contributed by atoms with Crippen molar-refractivity contribution in [2.75, 3.05) is 19.6 Å². The maximum absolute atomic E-state index is 12.2. The second-order valence-corrected chi connectivity index (χ2v) is 7.84. The number of likely N-dealkylation sites (tertiary alicyclic amines) is 1. The van der Waals surface area contributed by atoms with Crippen molar-refractivity contribution in [3.8, 4) is 11.3 Å². The van der Waals surface area contributed by atoms with E-state index in [-0.39, 0.29) is 5.56 Å². The number of aromatic carboxylic acids is 1. The summed E-state index contributed by atoms with van der Waals surface area (Å²) in [5.74, 6) is -1.20. The van der Waals surface area contributed by atoms with Gasteiger partial charge < -0.3 is 19.6 Å². The fourth-order valence-corrected chi connectivity index (χ4v) is 4.35. The summed E-state index contributed by atoms with van der Waals surface area (Å²) in [5.41, 5.74) is 4.11. The summed E-state index contributed by atoms with van der Waals surface area (Å²) in [5, 5.41) is 10.4. The van der Waals surface area contributed by atoms with Crippen LogP contribution >= 0.6 is 0 Å². The highest BCUT2D eigenvalue weighted by Crippen LogP contribution is 2.28. The number of carboxylic acids is 1. The molecule has 0 spiro atoms. The number of aromatic nitrogens is 2. The molecular formula is C23H27N3O3. The summed E-state index contributed by atoms with van der Waals surface area (Å²) < 4.78 is 2.24. The fraction of sp³-hybridized carbons (Fsp3) is 0.391. The number of carboxylic acid groups (broad SMARTS) is 1. The van der Waals surface area contributed by atoms with Crippen molar-refractivity contribution >= 4 is 16.9 Å². The third-order valence-corrected chi connectivity index (χ3v) is 6.05. The monoisotopic (exact) mass is 393 g/mol. The second kappa shape index (κ2) is 7.87. The molecule has 0 saturated carbocycles. The Balaban J connectivity index is 1.69. The summed E-state index contributed by atoms with van der Waals surface area (Å²) in [7, 11) is 2.10. The Labute approximate surface area is 169 Å². The van der Waals surface area contributed by atoms with Gasteiger partial charge in [0, 0.05) is 36.6 Å². The molecule has 0 unspecified atom stereocenters. The summed E-state index contributed by atoms with van der Waals surface area (Å²) >= 11 is 0. The maximum Gasteiger partial charge on any atom is 0.341 e. The van der Waals surface area contributed by atoms with Crippen LogP contribution in [0.3, 0.4) is 0 Å². The Hall–Kier alpha value is -2.86. The lowest BCUT2D eigenvalue weighted by molar-refractivity contribution is 0.0695. The molecule has 0 bridgehead atoms. The molecule has 152 valence electrons. The summed E-state index contributed by atoms with van der Waals surface area (Å²) in [6, 6.07) is 9.88. The van der Waals surface area contributed by atoms with Gasteiger partial charge in [0.05, 0.1) is 5.69 Å². The van der Waals surface area contributed by atoms with E-state index in [1.807, 2.05) is 13.0 Å². The van der Waals surface area contributed by atoms with Gasteiger partial charge in [0.15, 0.2) is 0 Å². The first-order chi connectivity index (χ1) is 14.0. The molecule has 0 aliphatic carbocycles. The quantitative estimate of drug-likeness (QED) is 0.673. The first-order valence-electron chi connectivity index (χ1n) is 10.3. The van der Waals surface area contributed by atoms with E-state index in [0.29, 0.717) is 12.1 Å². The lowest BCUT2D eigenvalue weighted by atomic mass is 10.0. The van der Waals surface area contributed by atoms with Crippen LogP contribution in [-0.4, -0.2) is 45.2 Å². The van der Waals surface area contributed by atoms with Crippen LogP contribution in [0.25, 0.3) is 22.2 Å². The van der Waals surface area contributed by atoms with Gasteiger partial charge >= 0.3 is 5.97 Å². The average Bonchev–Trinajstić information content (AvgIpc) is 3.33. The number of fused-ring (bicyclic) bond motifs is 1. The molecule has 4 rings (SSSR count).